The maximum absolute atomic E-state index is 12.3. The van der Waals surface area contributed by atoms with Gasteiger partial charge in [-0.15, -0.1) is 0 Å². The predicted molar refractivity (Wildman–Crippen MR) is 72.8 cm³/mol. The third kappa shape index (κ3) is 1.82. The lowest BCUT2D eigenvalue weighted by Gasteiger charge is -2.22. The van der Waals surface area contributed by atoms with Crippen LogP contribution in [-0.4, -0.2) is 22.1 Å². The third-order valence-electron chi connectivity index (χ3n) is 4.76. The summed E-state index contributed by atoms with van der Waals surface area (Å²) < 4.78 is 0. The van der Waals surface area contributed by atoms with Crippen LogP contribution in [0.25, 0.3) is 10.9 Å². The molecule has 2 aliphatic rings. The van der Waals surface area contributed by atoms with E-state index < -0.39 is 0 Å². The van der Waals surface area contributed by atoms with E-state index in [9.17, 15) is 4.79 Å². The van der Waals surface area contributed by atoms with E-state index in [1.807, 2.05) is 18.2 Å². The lowest BCUT2D eigenvalue weighted by molar-refractivity contribution is 0.0923. The maximum atomic E-state index is 12.3. The number of carbonyl (C=O) groups excluding carboxylic acids is 1. The summed E-state index contributed by atoms with van der Waals surface area (Å²) >= 11 is 0. The molecule has 0 spiro atoms. The first-order valence-electron chi connectivity index (χ1n) is 7.03. The van der Waals surface area contributed by atoms with E-state index in [0.717, 1.165) is 22.4 Å². The molecule has 4 rings (SSSR count). The molecule has 1 aromatic carbocycles. The van der Waals surface area contributed by atoms with Crippen LogP contribution in [-0.2, 0) is 0 Å². The summed E-state index contributed by atoms with van der Waals surface area (Å²) in [5, 5.41) is 11.1. The summed E-state index contributed by atoms with van der Waals surface area (Å²) in [6.45, 7) is 0. The minimum absolute atomic E-state index is 0.0500. The van der Waals surface area contributed by atoms with Crippen LogP contribution in [0.1, 0.15) is 36.0 Å². The smallest absolute Gasteiger partial charge is 0.251 e. The molecule has 4 nitrogen and oxygen atoms in total. The highest BCUT2D eigenvalue weighted by Crippen LogP contribution is 2.44. The first-order chi connectivity index (χ1) is 9.29. The highest BCUT2D eigenvalue weighted by Gasteiger charge is 2.40. The second-order valence-electron chi connectivity index (χ2n) is 5.93. The molecule has 0 saturated heterocycles. The van der Waals surface area contributed by atoms with Gasteiger partial charge in [0.15, 0.2) is 0 Å². The van der Waals surface area contributed by atoms with E-state index in [1.165, 1.54) is 25.7 Å². The Morgan fingerprint density at radius 3 is 3.05 bits per heavy atom. The normalized spacial score (nSPS) is 28.9. The Morgan fingerprint density at radius 1 is 1.32 bits per heavy atom. The van der Waals surface area contributed by atoms with Crippen LogP contribution in [0.4, 0.5) is 0 Å². The Labute approximate surface area is 111 Å². The largest absolute Gasteiger partial charge is 0.349 e. The molecule has 2 bridgehead atoms. The van der Waals surface area contributed by atoms with Crippen LogP contribution in [0.2, 0.25) is 0 Å². The molecular weight excluding hydrogens is 238 g/mol. The third-order valence-corrected chi connectivity index (χ3v) is 4.76. The van der Waals surface area contributed by atoms with Gasteiger partial charge in [-0.25, -0.2) is 0 Å². The van der Waals surface area contributed by atoms with Gasteiger partial charge in [0, 0.05) is 17.0 Å². The molecule has 1 aromatic heterocycles. The van der Waals surface area contributed by atoms with E-state index in [2.05, 4.69) is 15.5 Å². The SMILES string of the molecule is O=C(NC1CC2CCC1C2)c1ccc2cn[nH]c2c1. The molecule has 0 aliphatic heterocycles. The van der Waals surface area contributed by atoms with Crippen molar-refractivity contribution in [2.45, 2.75) is 31.7 Å². The number of rotatable bonds is 2. The summed E-state index contributed by atoms with van der Waals surface area (Å²) in [6, 6.07) is 6.09. The number of aromatic nitrogens is 2. The van der Waals surface area contributed by atoms with Crippen molar-refractivity contribution in [3.8, 4) is 0 Å². The zero-order chi connectivity index (χ0) is 12.8. The number of hydrogen-bond donors (Lipinski definition) is 2. The molecule has 4 heteroatoms. The van der Waals surface area contributed by atoms with Crippen molar-refractivity contribution in [1.29, 1.82) is 0 Å². The van der Waals surface area contributed by atoms with Crippen LogP contribution >= 0.6 is 0 Å². The summed E-state index contributed by atoms with van der Waals surface area (Å²) in [5.74, 6) is 1.62. The fraction of sp³-hybridized carbons (Fsp3) is 0.467. The highest BCUT2D eigenvalue weighted by atomic mass is 16.1. The molecule has 0 radical (unpaired) electrons. The quantitative estimate of drug-likeness (QED) is 0.866. The molecular formula is C15H17N3O. The molecule has 1 amide bonds. The predicted octanol–water partition coefficient (Wildman–Crippen LogP) is 2.48. The molecule has 2 fully saturated rings. The average molecular weight is 255 g/mol. The van der Waals surface area contributed by atoms with Gasteiger partial charge in [0.25, 0.3) is 5.91 Å². The zero-order valence-electron chi connectivity index (χ0n) is 10.7. The molecule has 2 aliphatic carbocycles. The lowest BCUT2D eigenvalue weighted by Crippen LogP contribution is -2.38. The van der Waals surface area contributed by atoms with Crippen molar-refractivity contribution in [1.82, 2.24) is 15.5 Å². The number of nitrogens with one attached hydrogen (secondary N) is 2. The molecule has 2 aromatic rings. The van der Waals surface area contributed by atoms with Gasteiger partial charge < -0.3 is 5.32 Å². The molecule has 3 atom stereocenters. The molecule has 98 valence electrons. The number of carbonyl (C=O) groups is 1. The fourth-order valence-electron chi connectivity index (χ4n) is 3.75. The van der Waals surface area contributed by atoms with Crippen molar-refractivity contribution in [3.05, 3.63) is 30.0 Å². The number of aromatic amines is 1. The highest BCUT2D eigenvalue weighted by molar-refractivity contribution is 5.97. The first-order valence-corrected chi connectivity index (χ1v) is 7.03. The Bertz CT molecular complexity index is 633. The van der Waals surface area contributed by atoms with Crippen LogP contribution in [0.15, 0.2) is 24.4 Å². The van der Waals surface area contributed by atoms with E-state index in [1.54, 1.807) is 6.20 Å². The second-order valence-corrected chi connectivity index (χ2v) is 5.93. The molecule has 2 saturated carbocycles. The fourth-order valence-corrected chi connectivity index (χ4v) is 3.75. The zero-order valence-corrected chi connectivity index (χ0v) is 10.7. The summed E-state index contributed by atoms with van der Waals surface area (Å²) in [4.78, 5) is 12.3. The molecule has 19 heavy (non-hydrogen) atoms. The molecule has 3 unspecified atom stereocenters. The van der Waals surface area contributed by atoms with Crippen molar-refractivity contribution < 1.29 is 4.79 Å². The summed E-state index contributed by atoms with van der Waals surface area (Å²) in [6.07, 6.45) is 6.90. The summed E-state index contributed by atoms with van der Waals surface area (Å²) in [7, 11) is 0. The monoisotopic (exact) mass is 255 g/mol. The Hall–Kier alpha value is -1.84. The van der Waals surface area contributed by atoms with Gasteiger partial charge in [-0.05, 0) is 43.2 Å². The number of benzene rings is 1. The van der Waals surface area contributed by atoms with E-state index in [0.29, 0.717) is 12.0 Å². The van der Waals surface area contributed by atoms with Crippen LogP contribution < -0.4 is 5.32 Å². The number of H-pyrrole nitrogens is 1. The van der Waals surface area contributed by atoms with Gasteiger partial charge in [0.2, 0.25) is 0 Å². The molecule has 1 heterocycles. The Morgan fingerprint density at radius 2 is 2.26 bits per heavy atom. The van der Waals surface area contributed by atoms with Gasteiger partial charge in [0.1, 0.15) is 0 Å². The van der Waals surface area contributed by atoms with Crippen molar-refractivity contribution in [3.63, 3.8) is 0 Å². The van der Waals surface area contributed by atoms with Gasteiger partial charge in [-0.3, -0.25) is 9.89 Å². The van der Waals surface area contributed by atoms with E-state index in [-0.39, 0.29) is 5.91 Å². The Balaban J connectivity index is 1.53. The lowest BCUT2D eigenvalue weighted by atomic mass is 9.95. The minimum Gasteiger partial charge on any atom is -0.349 e. The second kappa shape index (κ2) is 4.08. The topological polar surface area (TPSA) is 57.8 Å². The minimum atomic E-state index is 0.0500. The summed E-state index contributed by atoms with van der Waals surface area (Å²) in [5.41, 5.74) is 1.64. The van der Waals surface area contributed by atoms with E-state index in [4.69, 9.17) is 0 Å². The van der Waals surface area contributed by atoms with Crippen molar-refractivity contribution in [2.24, 2.45) is 11.8 Å². The van der Waals surface area contributed by atoms with E-state index >= 15 is 0 Å². The standard InChI is InChI=1S/C15H17N3O/c19-15(17-13-6-9-1-2-10(13)5-9)11-3-4-12-8-16-18-14(12)7-11/h3-4,7-10,13H,1-2,5-6H2,(H,16,18)(H,17,19). The first kappa shape index (κ1) is 11.0. The van der Waals surface area contributed by atoms with Crippen molar-refractivity contribution in [2.75, 3.05) is 0 Å². The average Bonchev–Trinajstić information content (AvgIpc) is 3.13. The Kier molecular flexibility index (Phi) is 2.37. The number of nitrogens with zero attached hydrogens (tertiary/aromatic N) is 1. The van der Waals surface area contributed by atoms with Gasteiger partial charge in [-0.2, -0.15) is 5.10 Å². The molecule has 2 N–H and O–H groups in total. The van der Waals surface area contributed by atoms with Crippen LogP contribution in [0.5, 0.6) is 0 Å². The number of fused-ring (bicyclic) bond motifs is 3. The number of hydrogen-bond acceptors (Lipinski definition) is 2. The van der Waals surface area contributed by atoms with Crippen LogP contribution in [0.3, 0.4) is 0 Å². The van der Waals surface area contributed by atoms with Gasteiger partial charge in [0.05, 0.1) is 11.7 Å². The van der Waals surface area contributed by atoms with Crippen molar-refractivity contribution >= 4 is 16.8 Å². The number of amides is 1. The van der Waals surface area contributed by atoms with Crippen LogP contribution in [0, 0.1) is 11.8 Å². The van der Waals surface area contributed by atoms with Gasteiger partial charge in [-0.1, -0.05) is 12.5 Å². The maximum Gasteiger partial charge on any atom is 0.251 e. The van der Waals surface area contributed by atoms with Gasteiger partial charge >= 0.3 is 0 Å².